The van der Waals surface area contributed by atoms with Crippen molar-refractivity contribution in [3.05, 3.63) is 12.1 Å². The van der Waals surface area contributed by atoms with Gasteiger partial charge in [-0.05, 0) is 26.0 Å². The second-order valence-electron chi connectivity index (χ2n) is 3.97. The Labute approximate surface area is 100 Å². The van der Waals surface area contributed by atoms with Gasteiger partial charge in [-0.1, -0.05) is 0 Å². The van der Waals surface area contributed by atoms with E-state index < -0.39 is 6.10 Å². The SMILES string of the molecule is CC(C)Oc1nc(NCC(O)CO)ccc1N. The lowest BCUT2D eigenvalue weighted by molar-refractivity contribution is 0.105. The van der Waals surface area contributed by atoms with Gasteiger partial charge < -0.3 is 26.0 Å². The molecule has 0 amide bonds. The predicted molar refractivity (Wildman–Crippen MR) is 66.0 cm³/mol. The Balaban J connectivity index is 2.67. The summed E-state index contributed by atoms with van der Waals surface area (Å²) in [6.07, 6.45) is -0.827. The molecule has 0 aliphatic heterocycles. The van der Waals surface area contributed by atoms with Gasteiger partial charge in [-0.2, -0.15) is 4.98 Å². The van der Waals surface area contributed by atoms with Crippen molar-refractivity contribution < 1.29 is 14.9 Å². The number of hydrogen-bond acceptors (Lipinski definition) is 6. The lowest BCUT2D eigenvalue weighted by Gasteiger charge is -2.14. The molecule has 17 heavy (non-hydrogen) atoms. The van der Waals surface area contributed by atoms with E-state index in [4.69, 9.17) is 15.6 Å². The van der Waals surface area contributed by atoms with Gasteiger partial charge in [0, 0.05) is 6.54 Å². The first-order valence-electron chi connectivity index (χ1n) is 5.49. The van der Waals surface area contributed by atoms with E-state index in [0.29, 0.717) is 17.4 Å². The first-order chi connectivity index (χ1) is 8.02. The Kier molecular flexibility index (Phi) is 4.99. The van der Waals surface area contributed by atoms with Crippen LogP contribution in [0.4, 0.5) is 11.5 Å². The van der Waals surface area contributed by atoms with Gasteiger partial charge >= 0.3 is 0 Å². The molecular weight excluding hydrogens is 222 g/mol. The molecule has 0 saturated carbocycles. The Morgan fingerprint density at radius 3 is 2.76 bits per heavy atom. The monoisotopic (exact) mass is 241 g/mol. The highest BCUT2D eigenvalue weighted by Gasteiger charge is 2.07. The quantitative estimate of drug-likeness (QED) is 0.568. The van der Waals surface area contributed by atoms with Gasteiger partial charge in [0.25, 0.3) is 0 Å². The Hall–Kier alpha value is -1.53. The zero-order valence-corrected chi connectivity index (χ0v) is 10.1. The van der Waals surface area contributed by atoms with Crippen molar-refractivity contribution in [3.63, 3.8) is 0 Å². The van der Waals surface area contributed by atoms with Crippen LogP contribution in [-0.2, 0) is 0 Å². The van der Waals surface area contributed by atoms with E-state index in [1.165, 1.54) is 0 Å². The molecule has 1 aromatic heterocycles. The third-order valence-corrected chi connectivity index (χ3v) is 1.97. The van der Waals surface area contributed by atoms with Crippen LogP contribution in [0.25, 0.3) is 0 Å². The molecule has 96 valence electrons. The second kappa shape index (κ2) is 6.27. The van der Waals surface area contributed by atoms with Crippen LogP contribution in [0.15, 0.2) is 12.1 Å². The fraction of sp³-hybridized carbons (Fsp3) is 0.545. The zero-order valence-electron chi connectivity index (χ0n) is 10.1. The van der Waals surface area contributed by atoms with E-state index >= 15 is 0 Å². The normalized spacial score (nSPS) is 12.5. The summed E-state index contributed by atoms with van der Waals surface area (Å²) in [5.41, 5.74) is 6.18. The summed E-state index contributed by atoms with van der Waals surface area (Å²) in [4.78, 5) is 4.17. The molecule has 0 aliphatic rings. The molecule has 0 bridgehead atoms. The fourth-order valence-corrected chi connectivity index (χ4v) is 1.15. The molecule has 0 saturated heterocycles. The number of nitrogen functional groups attached to an aromatic ring is 1. The molecule has 0 aliphatic carbocycles. The predicted octanol–water partition coefficient (Wildman–Crippen LogP) is 0.216. The van der Waals surface area contributed by atoms with Gasteiger partial charge in [0.05, 0.1) is 24.5 Å². The van der Waals surface area contributed by atoms with Crippen LogP contribution in [-0.4, -0.2) is 40.6 Å². The van der Waals surface area contributed by atoms with Crippen molar-refractivity contribution in [2.45, 2.75) is 26.1 Å². The number of aliphatic hydroxyl groups is 2. The molecular formula is C11H19N3O3. The number of nitrogens with one attached hydrogen (secondary N) is 1. The summed E-state index contributed by atoms with van der Waals surface area (Å²) in [5, 5.41) is 20.7. The summed E-state index contributed by atoms with van der Waals surface area (Å²) < 4.78 is 5.43. The molecule has 0 radical (unpaired) electrons. The van der Waals surface area contributed by atoms with Crippen LogP contribution in [0.5, 0.6) is 5.88 Å². The molecule has 1 aromatic rings. The highest BCUT2D eigenvalue weighted by atomic mass is 16.5. The topological polar surface area (TPSA) is 101 Å². The minimum absolute atomic E-state index is 0.0110. The molecule has 0 spiro atoms. The Morgan fingerprint density at radius 1 is 1.47 bits per heavy atom. The van der Waals surface area contributed by atoms with Gasteiger partial charge in [0.15, 0.2) is 0 Å². The van der Waals surface area contributed by atoms with Crippen LogP contribution in [0, 0.1) is 0 Å². The number of hydrogen-bond donors (Lipinski definition) is 4. The Bertz CT molecular complexity index is 358. The molecule has 0 aromatic carbocycles. The summed E-state index contributed by atoms with van der Waals surface area (Å²) in [5.74, 6) is 0.908. The van der Waals surface area contributed by atoms with Gasteiger partial charge in [0.2, 0.25) is 5.88 Å². The van der Waals surface area contributed by atoms with Crippen LogP contribution in [0.2, 0.25) is 0 Å². The lowest BCUT2D eigenvalue weighted by atomic mass is 10.3. The molecule has 1 atom stereocenters. The standard InChI is InChI=1S/C11H19N3O3/c1-7(2)17-11-9(12)3-4-10(14-11)13-5-8(16)6-15/h3-4,7-8,15-16H,5-6,12H2,1-2H3,(H,13,14). The number of ether oxygens (including phenoxy) is 1. The van der Waals surface area contributed by atoms with Gasteiger partial charge in [-0.25, -0.2) is 0 Å². The fourth-order valence-electron chi connectivity index (χ4n) is 1.15. The summed E-state index contributed by atoms with van der Waals surface area (Å²) in [6, 6.07) is 3.37. The molecule has 1 unspecified atom stereocenters. The number of aromatic nitrogens is 1. The number of pyridine rings is 1. The van der Waals surface area contributed by atoms with Gasteiger partial charge in [0.1, 0.15) is 5.82 Å². The van der Waals surface area contributed by atoms with E-state index in [-0.39, 0.29) is 19.3 Å². The van der Waals surface area contributed by atoms with Crippen LogP contribution >= 0.6 is 0 Å². The highest BCUT2D eigenvalue weighted by Crippen LogP contribution is 2.21. The average Bonchev–Trinajstić information content (AvgIpc) is 2.29. The summed E-state index contributed by atoms with van der Waals surface area (Å²) in [6.45, 7) is 3.69. The van der Waals surface area contributed by atoms with E-state index in [1.54, 1.807) is 12.1 Å². The third-order valence-electron chi connectivity index (χ3n) is 1.97. The van der Waals surface area contributed by atoms with Crippen molar-refractivity contribution >= 4 is 11.5 Å². The van der Waals surface area contributed by atoms with Crippen molar-refractivity contribution in [2.75, 3.05) is 24.2 Å². The minimum Gasteiger partial charge on any atom is -0.473 e. The number of aliphatic hydroxyl groups excluding tert-OH is 2. The summed E-state index contributed by atoms with van der Waals surface area (Å²) in [7, 11) is 0. The zero-order chi connectivity index (χ0) is 12.8. The van der Waals surface area contributed by atoms with Crippen molar-refractivity contribution in [2.24, 2.45) is 0 Å². The van der Waals surface area contributed by atoms with Gasteiger partial charge in [-0.3, -0.25) is 0 Å². The van der Waals surface area contributed by atoms with Crippen molar-refractivity contribution in [1.29, 1.82) is 0 Å². The molecule has 1 rings (SSSR count). The smallest absolute Gasteiger partial charge is 0.239 e. The molecule has 0 fully saturated rings. The van der Waals surface area contributed by atoms with Crippen LogP contribution < -0.4 is 15.8 Å². The second-order valence-corrected chi connectivity index (χ2v) is 3.97. The van der Waals surface area contributed by atoms with Crippen molar-refractivity contribution in [3.8, 4) is 5.88 Å². The maximum absolute atomic E-state index is 9.19. The minimum atomic E-state index is -0.816. The number of rotatable bonds is 6. The lowest BCUT2D eigenvalue weighted by Crippen LogP contribution is -2.23. The van der Waals surface area contributed by atoms with E-state index in [2.05, 4.69) is 10.3 Å². The highest BCUT2D eigenvalue weighted by molar-refractivity contribution is 5.53. The van der Waals surface area contributed by atoms with Crippen molar-refractivity contribution in [1.82, 2.24) is 4.98 Å². The number of nitrogens with zero attached hydrogens (tertiary/aromatic N) is 1. The first-order valence-corrected chi connectivity index (χ1v) is 5.49. The number of nitrogens with two attached hydrogens (primary N) is 1. The largest absolute Gasteiger partial charge is 0.473 e. The van der Waals surface area contributed by atoms with Gasteiger partial charge in [-0.15, -0.1) is 0 Å². The maximum Gasteiger partial charge on any atom is 0.239 e. The maximum atomic E-state index is 9.19. The summed E-state index contributed by atoms with van der Waals surface area (Å²) >= 11 is 0. The Morgan fingerprint density at radius 2 is 2.18 bits per heavy atom. The molecule has 1 heterocycles. The molecule has 5 N–H and O–H groups in total. The first kappa shape index (κ1) is 13.5. The number of anilines is 2. The van der Waals surface area contributed by atoms with E-state index in [1.807, 2.05) is 13.8 Å². The van der Waals surface area contributed by atoms with Crippen LogP contribution in [0.3, 0.4) is 0 Å². The van der Waals surface area contributed by atoms with E-state index in [0.717, 1.165) is 0 Å². The molecule has 6 nitrogen and oxygen atoms in total. The average molecular weight is 241 g/mol. The molecule has 6 heteroatoms. The third kappa shape index (κ3) is 4.46. The van der Waals surface area contributed by atoms with Crippen LogP contribution in [0.1, 0.15) is 13.8 Å². The van der Waals surface area contributed by atoms with E-state index in [9.17, 15) is 5.11 Å².